The second-order valence-electron chi connectivity index (χ2n) is 11.5. The summed E-state index contributed by atoms with van der Waals surface area (Å²) in [6, 6.07) is 45.6. The van der Waals surface area contributed by atoms with Gasteiger partial charge in [-0.1, -0.05) is 121 Å². The quantitative estimate of drug-likeness (QED) is 0.182. The monoisotopic (exact) mass is 500 g/mol. The summed E-state index contributed by atoms with van der Waals surface area (Å²) < 4.78 is 0. The van der Waals surface area contributed by atoms with E-state index in [0.29, 0.717) is 0 Å². The molecule has 0 N–H and O–H groups in total. The van der Waals surface area contributed by atoms with Crippen LogP contribution in [0.1, 0.15) is 0 Å². The van der Waals surface area contributed by atoms with Crippen molar-refractivity contribution < 1.29 is 0 Å². The lowest BCUT2D eigenvalue weighted by Gasteiger charge is -2.16. The number of hydrogen-bond acceptors (Lipinski definition) is 0. The maximum absolute atomic E-state index is 2.35. The van der Waals surface area contributed by atoms with Crippen molar-refractivity contribution in [2.45, 2.75) is 0 Å². The molecule has 0 bridgehead atoms. The zero-order valence-corrected chi connectivity index (χ0v) is 21.5. The molecular formula is C40H20. The van der Waals surface area contributed by atoms with Crippen LogP contribution in [0.15, 0.2) is 121 Å². The van der Waals surface area contributed by atoms with Crippen molar-refractivity contribution in [3.63, 3.8) is 0 Å². The highest BCUT2D eigenvalue weighted by Crippen LogP contribution is 2.58. The Morgan fingerprint density at radius 1 is 0.150 bits per heavy atom. The van der Waals surface area contributed by atoms with Crippen LogP contribution in [0.5, 0.6) is 0 Å². The summed E-state index contributed by atoms with van der Waals surface area (Å²) in [7, 11) is 0. The van der Waals surface area contributed by atoms with E-state index in [1.165, 1.54) is 108 Å². The van der Waals surface area contributed by atoms with E-state index in [-0.39, 0.29) is 0 Å². The van der Waals surface area contributed by atoms with Crippen LogP contribution in [0.2, 0.25) is 0 Å². The van der Waals surface area contributed by atoms with Crippen LogP contribution in [-0.2, 0) is 0 Å². The van der Waals surface area contributed by atoms with Crippen molar-refractivity contribution >= 4 is 108 Å². The SMILES string of the molecule is c1ccc2c(c1)c1c3ccccc3c3c4ccccc4c4c5ccccc5c5c6ccccc6c2c2c1c3c4c52. The largest absolute Gasteiger partial charge is 0.0616 e. The van der Waals surface area contributed by atoms with E-state index in [9.17, 15) is 0 Å². The van der Waals surface area contributed by atoms with Gasteiger partial charge in [-0.15, -0.1) is 0 Å². The molecule has 0 aliphatic heterocycles. The Labute approximate surface area is 228 Å². The predicted molar refractivity (Wildman–Crippen MR) is 175 cm³/mol. The fourth-order valence-electron chi connectivity index (χ4n) is 8.54. The second-order valence-corrected chi connectivity index (χ2v) is 11.5. The van der Waals surface area contributed by atoms with Gasteiger partial charge in [0.15, 0.2) is 0 Å². The summed E-state index contributed by atoms with van der Waals surface area (Å²) in [5.74, 6) is 0. The minimum Gasteiger partial charge on any atom is -0.0616 e. The first-order valence-corrected chi connectivity index (χ1v) is 14.1. The van der Waals surface area contributed by atoms with E-state index in [4.69, 9.17) is 0 Å². The molecule has 11 aromatic carbocycles. The van der Waals surface area contributed by atoms with E-state index < -0.39 is 0 Å². The molecule has 0 amide bonds. The van der Waals surface area contributed by atoms with Gasteiger partial charge in [-0.25, -0.2) is 0 Å². The van der Waals surface area contributed by atoms with Crippen molar-refractivity contribution in [3.8, 4) is 0 Å². The van der Waals surface area contributed by atoms with E-state index >= 15 is 0 Å². The zero-order valence-electron chi connectivity index (χ0n) is 21.5. The van der Waals surface area contributed by atoms with Gasteiger partial charge in [-0.05, 0) is 108 Å². The maximum Gasteiger partial charge on any atom is -0.0000476 e. The van der Waals surface area contributed by atoms with Crippen LogP contribution in [0.25, 0.3) is 108 Å². The highest BCUT2D eigenvalue weighted by atomic mass is 14.3. The fourth-order valence-corrected chi connectivity index (χ4v) is 8.54. The van der Waals surface area contributed by atoms with Gasteiger partial charge in [0.25, 0.3) is 0 Å². The van der Waals surface area contributed by atoms with Gasteiger partial charge >= 0.3 is 0 Å². The van der Waals surface area contributed by atoms with Crippen molar-refractivity contribution in [2.24, 2.45) is 0 Å². The molecule has 0 saturated carbocycles. The number of hydrogen-bond donors (Lipinski definition) is 0. The highest BCUT2D eigenvalue weighted by molar-refractivity contribution is 6.60. The van der Waals surface area contributed by atoms with Crippen LogP contribution in [-0.4, -0.2) is 0 Å². The van der Waals surface area contributed by atoms with Crippen LogP contribution < -0.4 is 0 Å². The molecule has 11 rings (SSSR count). The standard InChI is InChI=1S/C40H20/c1-2-12-22-21(11-1)31-23-13-3-4-14-24(23)33-27-17-7-8-18-28(27)35-30-20-10-9-19-29(30)34-26-16-6-5-15-25(26)32(22)37-36(31)38(33)40(35)39(34)37/h1-20H. The number of rotatable bonds is 0. The first-order valence-electron chi connectivity index (χ1n) is 14.1. The molecule has 0 heterocycles. The third kappa shape index (κ3) is 1.97. The number of benzene rings is 10. The summed E-state index contributed by atoms with van der Waals surface area (Å²) in [4.78, 5) is 0. The molecule has 40 heavy (non-hydrogen) atoms. The molecule has 0 aliphatic carbocycles. The smallest absolute Gasteiger partial charge is 0.0000476 e. The lowest BCUT2D eigenvalue weighted by molar-refractivity contribution is 1.81. The molecule has 0 aliphatic rings. The van der Waals surface area contributed by atoms with Gasteiger partial charge in [0.1, 0.15) is 0 Å². The Kier molecular flexibility index (Phi) is 3.22. The Hall–Kier alpha value is -5.20. The van der Waals surface area contributed by atoms with E-state index in [1.54, 1.807) is 0 Å². The molecular weight excluding hydrogens is 480 g/mol. The summed E-state index contributed by atoms with van der Waals surface area (Å²) >= 11 is 0. The van der Waals surface area contributed by atoms with Gasteiger partial charge in [-0.3, -0.25) is 0 Å². The molecule has 0 saturated heterocycles. The fraction of sp³-hybridized carbons (Fsp3) is 0. The van der Waals surface area contributed by atoms with E-state index in [2.05, 4.69) is 121 Å². The van der Waals surface area contributed by atoms with Gasteiger partial charge in [0.05, 0.1) is 0 Å². The topological polar surface area (TPSA) is 0 Å². The van der Waals surface area contributed by atoms with E-state index in [0.717, 1.165) is 0 Å². The average Bonchev–Trinajstić information content (AvgIpc) is 3.36. The minimum atomic E-state index is 1.35. The van der Waals surface area contributed by atoms with E-state index in [1.807, 2.05) is 0 Å². The lowest BCUT2D eigenvalue weighted by Crippen LogP contribution is -1.87. The molecule has 0 spiro atoms. The molecule has 0 radical (unpaired) electrons. The summed E-state index contributed by atoms with van der Waals surface area (Å²) in [6.07, 6.45) is 0. The summed E-state index contributed by atoms with van der Waals surface area (Å²) in [5, 5.41) is 27.8. The first-order chi connectivity index (χ1) is 19.9. The van der Waals surface area contributed by atoms with Crippen LogP contribution in [0.4, 0.5) is 0 Å². The van der Waals surface area contributed by atoms with Crippen molar-refractivity contribution in [2.75, 3.05) is 0 Å². The average molecular weight is 501 g/mol. The second kappa shape index (κ2) is 6.50. The number of fused-ring (bicyclic) bond motifs is 15. The van der Waals surface area contributed by atoms with Crippen LogP contribution >= 0.6 is 0 Å². The van der Waals surface area contributed by atoms with Crippen molar-refractivity contribution in [1.82, 2.24) is 0 Å². The molecule has 0 nitrogen and oxygen atoms in total. The van der Waals surface area contributed by atoms with Crippen LogP contribution in [0.3, 0.4) is 0 Å². The third-order valence-electron chi connectivity index (χ3n) is 9.83. The summed E-state index contributed by atoms with van der Waals surface area (Å²) in [5.41, 5.74) is 0. The third-order valence-corrected chi connectivity index (χ3v) is 9.83. The van der Waals surface area contributed by atoms with Crippen molar-refractivity contribution in [1.29, 1.82) is 0 Å². The van der Waals surface area contributed by atoms with Crippen LogP contribution in [0, 0.1) is 0 Å². The molecule has 0 aromatic heterocycles. The van der Waals surface area contributed by atoms with Gasteiger partial charge in [-0.2, -0.15) is 0 Å². The summed E-state index contributed by atoms with van der Waals surface area (Å²) in [6.45, 7) is 0. The molecule has 0 heteroatoms. The first kappa shape index (κ1) is 19.8. The molecule has 0 unspecified atom stereocenters. The Bertz CT molecular complexity index is 2220. The maximum atomic E-state index is 2.35. The normalized spacial score (nSPS) is 13.0. The van der Waals surface area contributed by atoms with Gasteiger partial charge in [0.2, 0.25) is 0 Å². The van der Waals surface area contributed by atoms with Crippen molar-refractivity contribution in [3.05, 3.63) is 121 Å². The Morgan fingerprint density at radius 3 is 0.400 bits per heavy atom. The zero-order chi connectivity index (χ0) is 25.7. The molecule has 0 atom stereocenters. The van der Waals surface area contributed by atoms with Gasteiger partial charge < -0.3 is 0 Å². The highest BCUT2D eigenvalue weighted by Gasteiger charge is 2.29. The Morgan fingerprint density at radius 2 is 0.275 bits per heavy atom. The molecule has 11 aromatic rings. The Balaban J connectivity index is 1.74. The van der Waals surface area contributed by atoms with Gasteiger partial charge in [0, 0.05) is 0 Å². The lowest BCUT2D eigenvalue weighted by atomic mass is 9.86. The molecule has 0 fully saturated rings. The predicted octanol–water partition coefficient (Wildman–Crippen LogP) is 11.5. The molecule has 180 valence electrons. The minimum absolute atomic E-state index is 1.35.